The molecule has 0 saturated carbocycles. The van der Waals surface area contributed by atoms with Crippen LogP contribution in [-0.4, -0.2) is 60.0 Å². The minimum atomic E-state index is 0.0789. The first-order chi connectivity index (χ1) is 14.2. The van der Waals surface area contributed by atoms with E-state index in [0.29, 0.717) is 29.8 Å². The number of nitrogens with one attached hydrogen (secondary N) is 1. The molecule has 2 aliphatic heterocycles. The van der Waals surface area contributed by atoms with Crippen LogP contribution in [0.15, 0.2) is 42.5 Å². The topological polar surface area (TPSA) is 57.7 Å². The van der Waals surface area contributed by atoms with Crippen LogP contribution in [0.3, 0.4) is 0 Å². The summed E-state index contributed by atoms with van der Waals surface area (Å²) in [6.07, 6.45) is 4.71. The van der Waals surface area contributed by atoms with Crippen molar-refractivity contribution in [1.29, 1.82) is 0 Å². The molecule has 1 atom stereocenters. The third-order valence-corrected chi connectivity index (χ3v) is 5.88. The van der Waals surface area contributed by atoms with Crippen LogP contribution in [0, 0.1) is 0 Å². The lowest BCUT2D eigenvalue weighted by molar-refractivity contribution is 0.0708. The van der Waals surface area contributed by atoms with Crippen LogP contribution in [0.4, 0.5) is 5.82 Å². The SMILES string of the molecule is COc1cc(C(=O)N2CCC[C@H]2CN2CCCC2)cc(NCc2ccccc2)n1. The highest BCUT2D eigenvalue weighted by Gasteiger charge is 2.31. The van der Waals surface area contributed by atoms with Gasteiger partial charge in [-0.3, -0.25) is 4.79 Å². The molecule has 3 heterocycles. The average molecular weight is 395 g/mol. The number of benzene rings is 1. The lowest BCUT2D eigenvalue weighted by atomic mass is 10.1. The Bertz CT molecular complexity index is 821. The van der Waals surface area contributed by atoms with Crippen molar-refractivity contribution < 1.29 is 9.53 Å². The van der Waals surface area contributed by atoms with Crippen molar-refractivity contribution in [3.8, 4) is 5.88 Å². The molecule has 4 rings (SSSR count). The van der Waals surface area contributed by atoms with Gasteiger partial charge in [-0.15, -0.1) is 0 Å². The van der Waals surface area contributed by atoms with Crippen molar-refractivity contribution in [3.63, 3.8) is 0 Å². The smallest absolute Gasteiger partial charge is 0.254 e. The van der Waals surface area contributed by atoms with Crippen molar-refractivity contribution >= 4 is 11.7 Å². The number of nitrogens with zero attached hydrogens (tertiary/aromatic N) is 3. The summed E-state index contributed by atoms with van der Waals surface area (Å²) < 4.78 is 5.36. The van der Waals surface area contributed by atoms with Gasteiger partial charge in [-0.1, -0.05) is 30.3 Å². The van der Waals surface area contributed by atoms with Crippen molar-refractivity contribution in [3.05, 3.63) is 53.6 Å². The highest BCUT2D eigenvalue weighted by atomic mass is 16.5. The zero-order valence-corrected chi connectivity index (χ0v) is 17.1. The van der Waals surface area contributed by atoms with E-state index < -0.39 is 0 Å². The fourth-order valence-corrected chi connectivity index (χ4v) is 4.33. The first-order valence-electron chi connectivity index (χ1n) is 10.6. The Morgan fingerprint density at radius 3 is 2.69 bits per heavy atom. The normalized spacial score (nSPS) is 19.5. The fourth-order valence-electron chi connectivity index (χ4n) is 4.33. The average Bonchev–Trinajstić information content (AvgIpc) is 3.45. The Hall–Kier alpha value is -2.60. The number of carbonyl (C=O) groups excluding carboxylic acids is 1. The molecule has 0 bridgehead atoms. The highest BCUT2D eigenvalue weighted by molar-refractivity contribution is 5.95. The van der Waals surface area contributed by atoms with Crippen LogP contribution in [0.25, 0.3) is 0 Å². The first kappa shape index (κ1) is 19.7. The number of anilines is 1. The molecule has 154 valence electrons. The minimum absolute atomic E-state index is 0.0789. The van der Waals surface area contributed by atoms with Gasteiger partial charge in [0.05, 0.1) is 7.11 Å². The Balaban J connectivity index is 1.47. The molecule has 1 N–H and O–H groups in total. The molecule has 2 aromatic rings. The molecule has 0 unspecified atom stereocenters. The lowest BCUT2D eigenvalue weighted by Gasteiger charge is -2.28. The second-order valence-electron chi connectivity index (χ2n) is 7.92. The molecule has 0 radical (unpaired) electrons. The van der Waals surface area contributed by atoms with Gasteiger partial charge in [0, 0.05) is 37.3 Å². The largest absolute Gasteiger partial charge is 0.481 e. The molecular weight excluding hydrogens is 364 g/mol. The van der Waals surface area contributed by atoms with Gasteiger partial charge in [-0.05, 0) is 50.4 Å². The summed E-state index contributed by atoms with van der Waals surface area (Å²) in [7, 11) is 1.59. The van der Waals surface area contributed by atoms with E-state index in [9.17, 15) is 4.79 Å². The van der Waals surface area contributed by atoms with E-state index >= 15 is 0 Å². The second-order valence-corrected chi connectivity index (χ2v) is 7.92. The Kier molecular flexibility index (Phi) is 6.30. The molecular formula is C23H30N4O2. The zero-order chi connectivity index (χ0) is 20.1. The molecule has 1 amide bonds. The van der Waals surface area contributed by atoms with Gasteiger partial charge in [0.25, 0.3) is 5.91 Å². The molecule has 1 aromatic heterocycles. The van der Waals surface area contributed by atoms with Crippen molar-refractivity contribution in [1.82, 2.24) is 14.8 Å². The van der Waals surface area contributed by atoms with E-state index in [2.05, 4.69) is 27.3 Å². The van der Waals surface area contributed by atoms with E-state index in [1.54, 1.807) is 13.2 Å². The second kappa shape index (κ2) is 9.27. The van der Waals surface area contributed by atoms with Crippen LogP contribution in [0.1, 0.15) is 41.6 Å². The summed E-state index contributed by atoms with van der Waals surface area (Å²) in [5.41, 5.74) is 1.80. The number of carbonyl (C=O) groups is 1. The summed E-state index contributed by atoms with van der Waals surface area (Å²) in [4.78, 5) is 22.3. The van der Waals surface area contributed by atoms with E-state index in [0.717, 1.165) is 44.6 Å². The van der Waals surface area contributed by atoms with E-state index in [-0.39, 0.29) is 5.91 Å². The molecule has 0 aliphatic carbocycles. The summed E-state index contributed by atoms with van der Waals surface area (Å²) in [6.45, 7) is 4.79. The quantitative estimate of drug-likeness (QED) is 0.780. The van der Waals surface area contributed by atoms with Gasteiger partial charge in [0.1, 0.15) is 5.82 Å². The maximum Gasteiger partial charge on any atom is 0.254 e. The highest BCUT2D eigenvalue weighted by Crippen LogP contribution is 2.25. The Morgan fingerprint density at radius 1 is 1.14 bits per heavy atom. The van der Waals surface area contributed by atoms with Crippen molar-refractivity contribution in [2.45, 2.75) is 38.3 Å². The summed E-state index contributed by atoms with van der Waals surface area (Å²) >= 11 is 0. The lowest BCUT2D eigenvalue weighted by Crippen LogP contribution is -2.42. The number of ether oxygens (including phenoxy) is 1. The standard InChI is InChI=1S/C23H30N4O2/c1-29-22-15-19(14-21(25-22)24-16-18-8-3-2-4-9-18)23(28)27-13-7-10-20(27)17-26-11-5-6-12-26/h2-4,8-9,14-15,20H,5-7,10-13,16-17H2,1H3,(H,24,25)/t20-/m0/s1. The minimum Gasteiger partial charge on any atom is -0.481 e. The third kappa shape index (κ3) is 4.88. The zero-order valence-electron chi connectivity index (χ0n) is 17.1. The molecule has 2 fully saturated rings. The molecule has 6 nitrogen and oxygen atoms in total. The van der Waals surface area contributed by atoms with Gasteiger partial charge in [-0.2, -0.15) is 4.98 Å². The van der Waals surface area contributed by atoms with E-state index in [1.165, 1.54) is 12.8 Å². The van der Waals surface area contributed by atoms with Gasteiger partial charge in [0.2, 0.25) is 5.88 Å². The van der Waals surface area contributed by atoms with Gasteiger partial charge >= 0.3 is 0 Å². The van der Waals surface area contributed by atoms with Gasteiger partial charge in [0.15, 0.2) is 0 Å². The predicted octanol–water partition coefficient (Wildman–Crippen LogP) is 3.40. The fraction of sp³-hybridized carbons (Fsp3) is 0.478. The number of methoxy groups -OCH3 is 1. The van der Waals surface area contributed by atoms with E-state index in [4.69, 9.17) is 4.74 Å². The number of hydrogen-bond acceptors (Lipinski definition) is 5. The van der Waals surface area contributed by atoms with Crippen molar-refractivity contribution in [2.75, 3.05) is 38.6 Å². The Morgan fingerprint density at radius 2 is 1.93 bits per heavy atom. The Labute approximate surface area is 172 Å². The van der Waals surface area contributed by atoms with Crippen LogP contribution in [-0.2, 0) is 6.54 Å². The number of amides is 1. The third-order valence-electron chi connectivity index (χ3n) is 5.88. The summed E-state index contributed by atoms with van der Waals surface area (Å²) in [5.74, 6) is 1.20. The number of pyridine rings is 1. The van der Waals surface area contributed by atoms with E-state index in [1.807, 2.05) is 29.2 Å². The maximum absolute atomic E-state index is 13.3. The number of aromatic nitrogens is 1. The molecule has 1 aromatic carbocycles. The molecule has 0 spiro atoms. The van der Waals surface area contributed by atoms with Crippen LogP contribution in [0.2, 0.25) is 0 Å². The number of hydrogen-bond donors (Lipinski definition) is 1. The summed E-state index contributed by atoms with van der Waals surface area (Å²) in [5, 5.41) is 3.32. The summed E-state index contributed by atoms with van der Waals surface area (Å²) in [6, 6.07) is 14.1. The molecule has 29 heavy (non-hydrogen) atoms. The van der Waals surface area contributed by atoms with Crippen LogP contribution >= 0.6 is 0 Å². The molecule has 6 heteroatoms. The van der Waals surface area contributed by atoms with Crippen LogP contribution < -0.4 is 10.1 Å². The van der Waals surface area contributed by atoms with Gasteiger partial charge in [-0.25, -0.2) is 0 Å². The van der Waals surface area contributed by atoms with Crippen molar-refractivity contribution in [2.24, 2.45) is 0 Å². The van der Waals surface area contributed by atoms with Crippen LogP contribution in [0.5, 0.6) is 5.88 Å². The maximum atomic E-state index is 13.3. The number of rotatable bonds is 7. The first-order valence-corrected chi connectivity index (χ1v) is 10.6. The van der Waals surface area contributed by atoms with Gasteiger partial charge < -0.3 is 19.9 Å². The number of likely N-dealkylation sites (tertiary alicyclic amines) is 2. The predicted molar refractivity (Wildman–Crippen MR) is 114 cm³/mol. The monoisotopic (exact) mass is 394 g/mol. The molecule has 2 aliphatic rings. The molecule has 2 saturated heterocycles.